The molecule has 0 fully saturated rings. The molecule has 1 aromatic rings. The molecule has 1 atom stereocenters. The van der Waals surface area contributed by atoms with Gasteiger partial charge in [0.05, 0.1) is 6.20 Å². The number of carboxylic acid groups (broad SMARTS) is 1. The maximum Gasteiger partial charge on any atom is 0.320 e. The van der Waals surface area contributed by atoms with Crippen LogP contribution < -0.4 is 27.4 Å². The van der Waals surface area contributed by atoms with Gasteiger partial charge in [-0.25, -0.2) is 0 Å². The van der Waals surface area contributed by atoms with E-state index < -0.39 is 12.0 Å². The maximum absolute atomic E-state index is 10.4. The Hall–Kier alpha value is -1.01. The predicted molar refractivity (Wildman–Crippen MR) is 44.7 cm³/mol. The molecule has 0 bridgehead atoms. The van der Waals surface area contributed by atoms with Crippen LogP contribution in [0.1, 0.15) is 6.42 Å². The zero-order valence-electron chi connectivity index (χ0n) is 7.51. The van der Waals surface area contributed by atoms with Crippen LogP contribution in [0.25, 0.3) is 0 Å². The van der Waals surface area contributed by atoms with Crippen molar-refractivity contribution in [2.45, 2.75) is 19.0 Å². The first kappa shape index (κ1) is 13.0. The molecule has 0 unspecified atom stereocenters. The molecule has 0 radical (unpaired) electrons. The molecule has 0 aromatic carbocycles. The van der Waals surface area contributed by atoms with Crippen LogP contribution in [0.3, 0.4) is 0 Å². The molecule has 0 saturated carbocycles. The first-order valence-electron chi connectivity index (χ1n) is 3.99. The average Bonchev–Trinajstić information content (AvgIpc) is 2.15. The standard InChI is InChI=1S/C8H11N3O2.BrH/c9-7(8(12)13)3-6-11-5-2-1-4-10-11;/h1-2,4-5,7H,3,6,9H2;1H/t7-;/m0./s1. The van der Waals surface area contributed by atoms with Gasteiger partial charge in [-0.2, -0.15) is 0 Å². The average molecular weight is 262 g/mol. The summed E-state index contributed by atoms with van der Waals surface area (Å²) < 4.78 is 1.66. The van der Waals surface area contributed by atoms with E-state index in [1.807, 2.05) is 6.07 Å². The lowest BCUT2D eigenvalue weighted by atomic mass is 10.2. The van der Waals surface area contributed by atoms with E-state index in [2.05, 4.69) is 5.10 Å². The summed E-state index contributed by atoms with van der Waals surface area (Å²) in [7, 11) is 0. The van der Waals surface area contributed by atoms with Crippen LogP contribution in [-0.4, -0.2) is 22.2 Å². The fraction of sp³-hybridized carbons (Fsp3) is 0.375. The fourth-order valence-electron chi connectivity index (χ4n) is 0.888. The van der Waals surface area contributed by atoms with Gasteiger partial charge in [-0.05, 0) is 11.2 Å². The van der Waals surface area contributed by atoms with E-state index in [1.165, 1.54) is 0 Å². The molecule has 0 spiro atoms. The van der Waals surface area contributed by atoms with Crippen molar-refractivity contribution in [3.63, 3.8) is 0 Å². The Morgan fingerprint density at radius 1 is 1.57 bits per heavy atom. The number of nitrogens with two attached hydrogens (primary N) is 1. The summed E-state index contributed by atoms with van der Waals surface area (Å²) in [5, 5.41) is 12.5. The number of halogens is 1. The van der Waals surface area contributed by atoms with Crippen LogP contribution in [-0.2, 0) is 11.3 Å². The number of nitrogens with zero attached hydrogens (tertiary/aromatic N) is 2. The normalized spacial score (nSPS) is 11.5. The molecule has 6 heteroatoms. The van der Waals surface area contributed by atoms with Crippen molar-refractivity contribution >= 4 is 5.97 Å². The highest BCUT2D eigenvalue weighted by atomic mass is 79.9. The van der Waals surface area contributed by atoms with E-state index in [0.717, 1.165) is 0 Å². The third-order valence-corrected chi connectivity index (χ3v) is 1.66. The van der Waals surface area contributed by atoms with Crippen LogP contribution in [0.2, 0.25) is 0 Å². The van der Waals surface area contributed by atoms with Crippen LogP contribution in [0.15, 0.2) is 24.5 Å². The summed E-state index contributed by atoms with van der Waals surface area (Å²) in [6, 6.07) is 2.82. The first-order chi connectivity index (χ1) is 6.20. The molecule has 1 aromatic heterocycles. The quantitative estimate of drug-likeness (QED) is 0.545. The molecule has 1 heterocycles. The Labute approximate surface area is 92.3 Å². The second kappa shape index (κ2) is 6.44. The molecule has 0 saturated heterocycles. The van der Waals surface area contributed by atoms with Gasteiger partial charge < -0.3 is 27.8 Å². The predicted octanol–water partition coefficient (Wildman–Crippen LogP) is -3.82. The molecular formula is C8H12BrN3O2. The lowest BCUT2D eigenvalue weighted by molar-refractivity contribution is -0.754. The van der Waals surface area contributed by atoms with E-state index in [1.54, 1.807) is 23.1 Å². The van der Waals surface area contributed by atoms with E-state index in [0.29, 0.717) is 13.0 Å². The Balaban J connectivity index is 0.00000169. The first-order valence-corrected chi connectivity index (χ1v) is 3.99. The summed E-state index contributed by atoms with van der Waals surface area (Å²) in [6.45, 7) is 0.522. The molecule has 5 nitrogen and oxygen atoms in total. The molecule has 0 amide bonds. The Kier molecular flexibility index (Phi) is 5.98. The highest BCUT2D eigenvalue weighted by Gasteiger charge is 2.13. The molecular weight excluding hydrogens is 250 g/mol. The lowest BCUT2D eigenvalue weighted by Crippen LogP contribution is -3.00. The number of hydrogen-bond acceptors (Lipinski definition) is 3. The summed E-state index contributed by atoms with van der Waals surface area (Å²) >= 11 is 0. The van der Waals surface area contributed by atoms with Gasteiger partial charge in [0.1, 0.15) is 6.04 Å². The summed E-state index contributed by atoms with van der Waals surface area (Å²) in [6.07, 6.45) is 3.80. The highest BCUT2D eigenvalue weighted by molar-refractivity contribution is 5.72. The minimum absolute atomic E-state index is 0. The second-order valence-corrected chi connectivity index (χ2v) is 2.69. The maximum atomic E-state index is 10.4. The summed E-state index contributed by atoms with van der Waals surface area (Å²) in [5.74, 6) is -0.975. The van der Waals surface area contributed by atoms with Gasteiger partial charge in [-0.1, -0.05) is 4.68 Å². The monoisotopic (exact) mass is 261 g/mol. The zero-order valence-corrected chi connectivity index (χ0v) is 9.09. The smallest absolute Gasteiger partial charge is 0.320 e. The van der Waals surface area contributed by atoms with E-state index in [4.69, 9.17) is 10.8 Å². The van der Waals surface area contributed by atoms with Gasteiger partial charge >= 0.3 is 5.97 Å². The molecule has 0 aliphatic heterocycles. The second-order valence-electron chi connectivity index (χ2n) is 2.69. The number of rotatable bonds is 4. The Morgan fingerprint density at radius 2 is 2.29 bits per heavy atom. The van der Waals surface area contributed by atoms with Crippen molar-refractivity contribution in [1.29, 1.82) is 0 Å². The van der Waals surface area contributed by atoms with Crippen molar-refractivity contribution < 1.29 is 31.6 Å². The van der Waals surface area contributed by atoms with Gasteiger partial charge in [-0.15, -0.1) is 0 Å². The third-order valence-electron chi connectivity index (χ3n) is 1.66. The molecule has 3 N–H and O–H groups in total. The largest absolute Gasteiger partial charge is 1.00 e. The summed E-state index contributed by atoms with van der Waals surface area (Å²) in [5.41, 5.74) is 5.32. The molecule has 0 aliphatic rings. The van der Waals surface area contributed by atoms with Gasteiger partial charge in [0.25, 0.3) is 0 Å². The van der Waals surface area contributed by atoms with E-state index in [9.17, 15) is 4.79 Å². The van der Waals surface area contributed by atoms with Crippen molar-refractivity contribution in [3.8, 4) is 0 Å². The van der Waals surface area contributed by atoms with E-state index >= 15 is 0 Å². The van der Waals surface area contributed by atoms with Gasteiger partial charge in [0.2, 0.25) is 0 Å². The topological polar surface area (TPSA) is 80.1 Å². The lowest BCUT2D eigenvalue weighted by Gasteiger charge is -2.00. The molecule has 0 aliphatic carbocycles. The third kappa shape index (κ3) is 4.29. The Morgan fingerprint density at radius 3 is 2.79 bits per heavy atom. The fourth-order valence-corrected chi connectivity index (χ4v) is 0.888. The molecule has 78 valence electrons. The van der Waals surface area contributed by atoms with Crippen molar-refractivity contribution in [3.05, 3.63) is 24.5 Å². The molecule has 1 rings (SSSR count). The zero-order chi connectivity index (χ0) is 9.68. The van der Waals surface area contributed by atoms with Crippen molar-refractivity contribution in [1.82, 2.24) is 5.10 Å². The van der Waals surface area contributed by atoms with Crippen LogP contribution in [0.5, 0.6) is 0 Å². The number of aryl methyl sites for hydroxylation is 1. The van der Waals surface area contributed by atoms with E-state index in [-0.39, 0.29) is 17.0 Å². The molecule has 14 heavy (non-hydrogen) atoms. The van der Waals surface area contributed by atoms with Crippen LogP contribution >= 0.6 is 0 Å². The summed E-state index contributed by atoms with van der Waals surface area (Å²) in [4.78, 5) is 10.4. The minimum atomic E-state index is -0.975. The SMILES string of the molecule is N[C@@H](CC[n+]1ccccn1)C(=O)O.[Br-]. The van der Waals surface area contributed by atoms with Gasteiger partial charge in [0, 0.05) is 12.5 Å². The number of carbonyl (C=O) groups is 1. The van der Waals surface area contributed by atoms with Gasteiger partial charge in [-0.3, -0.25) is 4.79 Å². The van der Waals surface area contributed by atoms with Crippen molar-refractivity contribution in [2.75, 3.05) is 0 Å². The number of hydrogen-bond donors (Lipinski definition) is 2. The Bertz CT molecular complexity index is 281. The number of aliphatic carboxylic acids is 1. The van der Waals surface area contributed by atoms with Crippen molar-refractivity contribution in [2.24, 2.45) is 5.73 Å². The number of aromatic nitrogens is 2. The van der Waals surface area contributed by atoms with Crippen LogP contribution in [0, 0.1) is 0 Å². The van der Waals surface area contributed by atoms with Crippen LogP contribution in [0.4, 0.5) is 0 Å². The van der Waals surface area contributed by atoms with Gasteiger partial charge in [0.15, 0.2) is 12.7 Å². The number of carboxylic acids is 1. The minimum Gasteiger partial charge on any atom is -1.00 e. The highest BCUT2D eigenvalue weighted by Crippen LogP contribution is 1.87.